The molecule has 3 rings (SSSR count). The lowest BCUT2D eigenvalue weighted by Gasteiger charge is -2.13. The van der Waals surface area contributed by atoms with E-state index < -0.39 is 11.6 Å². The lowest BCUT2D eigenvalue weighted by atomic mass is 10.2. The fraction of sp³-hybridized carbons (Fsp3) is 0.385. The molecule has 0 radical (unpaired) electrons. The molecule has 0 saturated carbocycles. The van der Waals surface area contributed by atoms with Crippen LogP contribution in [0.4, 0.5) is 8.78 Å². The van der Waals surface area contributed by atoms with Gasteiger partial charge in [0.05, 0.1) is 11.4 Å². The van der Waals surface area contributed by atoms with Gasteiger partial charge in [-0.2, -0.15) is 0 Å². The van der Waals surface area contributed by atoms with Crippen LogP contribution >= 0.6 is 11.6 Å². The number of carbonyl (C=O) groups is 1. The Balaban J connectivity index is 2.05. The lowest BCUT2D eigenvalue weighted by molar-refractivity contribution is -0.119. The molecule has 0 aliphatic carbocycles. The van der Waals surface area contributed by atoms with E-state index >= 15 is 0 Å². The number of nitrogens with zero attached hydrogens (tertiary/aromatic N) is 2. The Bertz CT molecular complexity index is 686. The average molecular weight is 300 g/mol. The number of fused-ring (bicyclic) bond motifs is 1. The van der Waals surface area contributed by atoms with Gasteiger partial charge in [0.1, 0.15) is 17.2 Å². The second-order valence-electron chi connectivity index (χ2n) is 4.83. The van der Waals surface area contributed by atoms with Gasteiger partial charge in [0.2, 0.25) is 5.91 Å². The summed E-state index contributed by atoms with van der Waals surface area (Å²) in [6.07, 6.45) is 1.16. The predicted octanol–water partition coefficient (Wildman–Crippen LogP) is 2.33. The minimum Gasteiger partial charge on any atom is -0.352 e. The number of benzene rings is 1. The van der Waals surface area contributed by atoms with Gasteiger partial charge in [0.25, 0.3) is 0 Å². The zero-order chi connectivity index (χ0) is 14.3. The van der Waals surface area contributed by atoms with E-state index in [9.17, 15) is 13.6 Å². The molecule has 1 saturated heterocycles. The summed E-state index contributed by atoms with van der Waals surface area (Å²) in [5.74, 6) is -0.819. The number of rotatable bonds is 3. The van der Waals surface area contributed by atoms with Gasteiger partial charge >= 0.3 is 0 Å². The van der Waals surface area contributed by atoms with Crippen LogP contribution in [0.15, 0.2) is 12.1 Å². The van der Waals surface area contributed by atoms with Crippen molar-refractivity contribution in [2.75, 3.05) is 0 Å². The summed E-state index contributed by atoms with van der Waals surface area (Å²) in [7, 11) is 0. The highest BCUT2D eigenvalue weighted by atomic mass is 35.5. The molecule has 4 nitrogen and oxygen atoms in total. The maximum absolute atomic E-state index is 13.7. The lowest BCUT2D eigenvalue weighted by Crippen LogP contribution is -2.30. The summed E-state index contributed by atoms with van der Waals surface area (Å²) in [6.45, 7) is 0.410. The van der Waals surface area contributed by atoms with Crippen molar-refractivity contribution < 1.29 is 13.6 Å². The number of amides is 1. The number of alkyl halides is 1. The topological polar surface area (TPSA) is 46.9 Å². The average Bonchev–Trinajstić information content (AvgIpc) is 2.95. The third-order valence-corrected chi connectivity index (χ3v) is 3.70. The normalized spacial score (nSPS) is 18.8. The molecule has 106 valence electrons. The zero-order valence-corrected chi connectivity index (χ0v) is 11.3. The summed E-state index contributed by atoms with van der Waals surface area (Å²) >= 11 is 5.82. The fourth-order valence-corrected chi connectivity index (χ4v) is 2.74. The molecular weight excluding hydrogens is 288 g/mol. The van der Waals surface area contributed by atoms with Crippen molar-refractivity contribution in [1.82, 2.24) is 14.9 Å². The van der Waals surface area contributed by atoms with Crippen molar-refractivity contribution >= 4 is 28.5 Å². The maximum Gasteiger partial charge on any atom is 0.220 e. The summed E-state index contributed by atoms with van der Waals surface area (Å²) in [6, 6.07) is 1.97. The van der Waals surface area contributed by atoms with Gasteiger partial charge in [0.15, 0.2) is 5.82 Å². The standard InChI is InChI=1S/C13H12ClF2N3O/c14-5-11-18-13-9(16)3-7(15)4-10(13)19(11)6-8-1-2-12(20)17-8/h3-4,8H,1-2,5-6H2,(H,17,20). The van der Waals surface area contributed by atoms with Gasteiger partial charge in [-0.1, -0.05) is 0 Å². The van der Waals surface area contributed by atoms with Crippen LogP contribution in [0.5, 0.6) is 0 Å². The van der Waals surface area contributed by atoms with Crippen molar-refractivity contribution in [2.45, 2.75) is 31.3 Å². The molecule has 1 fully saturated rings. The van der Waals surface area contributed by atoms with Gasteiger partial charge in [-0.05, 0) is 12.5 Å². The Hall–Kier alpha value is -1.69. The third-order valence-electron chi connectivity index (χ3n) is 3.46. The highest BCUT2D eigenvalue weighted by Crippen LogP contribution is 2.23. The van der Waals surface area contributed by atoms with E-state index in [2.05, 4.69) is 10.3 Å². The Morgan fingerprint density at radius 3 is 2.90 bits per heavy atom. The summed E-state index contributed by atoms with van der Waals surface area (Å²) in [4.78, 5) is 15.3. The first-order valence-electron chi connectivity index (χ1n) is 6.28. The van der Waals surface area contributed by atoms with E-state index in [1.165, 1.54) is 6.07 Å². The van der Waals surface area contributed by atoms with E-state index in [1.807, 2.05) is 0 Å². The number of aromatic nitrogens is 2. The number of hydrogen-bond donors (Lipinski definition) is 1. The van der Waals surface area contributed by atoms with Crippen LogP contribution in [0.1, 0.15) is 18.7 Å². The van der Waals surface area contributed by atoms with Crippen molar-refractivity contribution in [3.8, 4) is 0 Å². The number of nitrogens with one attached hydrogen (secondary N) is 1. The largest absolute Gasteiger partial charge is 0.352 e. The highest BCUT2D eigenvalue weighted by molar-refractivity contribution is 6.16. The molecule has 1 aliphatic rings. The third kappa shape index (κ3) is 2.24. The zero-order valence-electron chi connectivity index (χ0n) is 10.5. The molecule has 1 aliphatic heterocycles. The van der Waals surface area contributed by atoms with Gasteiger partial charge in [0, 0.05) is 25.1 Å². The van der Waals surface area contributed by atoms with Gasteiger partial charge in [-0.25, -0.2) is 13.8 Å². The van der Waals surface area contributed by atoms with E-state index in [0.29, 0.717) is 30.7 Å². The molecular formula is C13H12ClF2N3O. The van der Waals surface area contributed by atoms with Gasteiger partial charge < -0.3 is 9.88 Å². The quantitative estimate of drug-likeness (QED) is 0.884. The summed E-state index contributed by atoms with van der Waals surface area (Å²) in [5.41, 5.74) is 0.464. The molecule has 1 aromatic heterocycles. The van der Waals surface area contributed by atoms with Crippen LogP contribution in [0, 0.1) is 11.6 Å². The van der Waals surface area contributed by atoms with Crippen molar-refractivity contribution in [3.05, 3.63) is 29.6 Å². The molecule has 2 aromatic rings. The van der Waals surface area contributed by atoms with Crippen LogP contribution in [0.25, 0.3) is 11.0 Å². The van der Waals surface area contributed by atoms with Crippen molar-refractivity contribution in [2.24, 2.45) is 0 Å². The summed E-state index contributed by atoms with van der Waals surface area (Å²) < 4.78 is 28.8. The van der Waals surface area contributed by atoms with Crippen LogP contribution in [0.2, 0.25) is 0 Å². The monoisotopic (exact) mass is 299 g/mol. The number of imidazole rings is 1. The Morgan fingerprint density at radius 2 is 2.25 bits per heavy atom. The van der Waals surface area contributed by atoms with Crippen LogP contribution in [0.3, 0.4) is 0 Å². The first kappa shape index (κ1) is 13.3. The van der Waals surface area contributed by atoms with Crippen LogP contribution in [-0.4, -0.2) is 21.5 Å². The van der Waals surface area contributed by atoms with Crippen molar-refractivity contribution in [3.63, 3.8) is 0 Å². The fourth-order valence-electron chi connectivity index (χ4n) is 2.54. The van der Waals surface area contributed by atoms with Crippen LogP contribution in [-0.2, 0) is 17.2 Å². The SMILES string of the molecule is O=C1CCC(Cn2c(CCl)nc3c(F)cc(F)cc32)N1. The molecule has 7 heteroatoms. The minimum absolute atomic E-state index is 0.00999. The first-order chi connectivity index (χ1) is 9.58. The molecule has 2 heterocycles. The Morgan fingerprint density at radius 1 is 1.45 bits per heavy atom. The molecule has 1 amide bonds. The van der Waals surface area contributed by atoms with Gasteiger partial charge in [-0.3, -0.25) is 4.79 Å². The molecule has 1 aromatic carbocycles. The highest BCUT2D eigenvalue weighted by Gasteiger charge is 2.23. The molecule has 1 N–H and O–H groups in total. The molecule has 0 spiro atoms. The molecule has 1 unspecified atom stereocenters. The van der Waals surface area contributed by atoms with Crippen molar-refractivity contribution in [1.29, 1.82) is 0 Å². The predicted molar refractivity (Wildman–Crippen MR) is 70.4 cm³/mol. The number of halogens is 3. The molecule has 20 heavy (non-hydrogen) atoms. The molecule has 0 bridgehead atoms. The number of hydrogen-bond acceptors (Lipinski definition) is 2. The van der Waals surface area contributed by atoms with E-state index in [1.54, 1.807) is 4.57 Å². The molecule has 1 atom stereocenters. The van der Waals surface area contributed by atoms with E-state index in [-0.39, 0.29) is 23.3 Å². The smallest absolute Gasteiger partial charge is 0.220 e. The second kappa shape index (κ2) is 5.01. The van der Waals surface area contributed by atoms with E-state index in [0.717, 1.165) is 6.07 Å². The number of carbonyl (C=O) groups excluding carboxylic acids is 1. The summed E-state index contributed by atoms with van der Waals surface area (Å²) in [5, 5.41) is 2.82. The minimum atomic E-state index is -0.708. The first-order valence-corrected chi connectivity index (χ1v) is 6.81. The van der Waals surface area contributed by atoms with E-state index in [4.69, 9.17) is 11.6 Å². The van der Waals surface area contributed by atoms with Gasteiger partial charge in [-0.15, -0.1) is 11.6 Å². The maximum atomic E-state index is 13.7. The second-order valence-corrected chi connectivity index (χ2v) is 5.10. The Labute approximate surface area is 118 Å². The van der Waals surface area contributed by atoms with Crippen LogP contribution < -0.4 is 5.32 Å². The Kier molecular flexibility index (Phi) is 3.33.